The number of anilines is 1. The SMILES string of the molecule is c1ccc2c(NC3CCNC4(CCC4)C3)snc2c1. The third kappa shape index (κ3) is 2.03. The molecule has 3 nitrogen and oxygen atoms in total. The number of fused-ring (bicyclic) bond motifs is 1. The van der Waals surface area contributed by atoms with Crippen LogP contribution in [0.1, 0.15) is 32.1 Å². The number of nitrogens with zero attached hydrogens (tertiary/aromatic N) is 1. The molecule has 1 saturated heterocycles. The maximum Gasteiger partial charge on any atom is 0.117 e. The zero-order chi connectivity index (χ0) is 12.7. The third-order valence-corrected chi connectivity index (χ3v) is 5.47. The fourth-order valence-corrected chi connectivity index (χ4v) is 4.28. The summed E-state index contributed by atoms with van der Waals surface area (Å²) in [5.41, 5.74) is 1.57. The molecule has 0 amide bonds. The van der Waals surface area contributed by atoms with E-state index in [9.17, 15) is 0 Å². The molecule has 1 spiro atoms. The van der Waals surface area contributed by atoms with Crippen molar-refractivity contribution < 1.29 is 0 Å². The molecule has 2 aliphatic rings. The van der Waals surface area contributed by atoms with E-state index in [1.54, 1.807) is 11.5 Å². The van der Waals surface area contributed by atoms with Crippen LogP contribution in [0, 0.1) is 0 Å². The minimum Gasteiger partial charge on any atom is -0.372 e. The summed E-state index contributed by atoms with van der Waals surface area (Å²) in [6.45, 7) is 1.15. The number of benzene rings is 1. The second-order valence-corrected chi connectivity index (χ2v) is 6.70. The molecule has 1 aromatic heterocycles. The van der Waals surface area contributed by atoms with Gasteiger partial charge in [-0.25, -0.2) is 0 Å². The molecule has 1 aliphatic heterocycles. The molecule has 1 aliphatic carbocycles. The lowest BCUT2D eigenvalue weighted by atomic mass is 9.70. The Hall–Kier alpha value is -1.13. The van der Waals surface area contributed by atoms with Gasteiger partial charge in [0.15, 0.2) is 0 Å². The van der Waals surface area contributed by atoms with Crippen molar-refractivity contribution in [3.63, 3.8) is 0 Å². The smallest absolute Gasteiger partial charge is 0.117 e. The summed E-state index contributed by atoms with van der Waals surface area (Å²) in [6.07, 6.45) is 6.58. The first kappa shape index (κ1) is 11.7. The summed E-state index contributed by atoms with van der Waals surface area (Å²) in [5.74, 6) is 0. The predicted octanol–water partition coefficient (Wildman–Crippen LogP) is 3.38. The van der Waals surface area contributed by atoms with E-state index in [0.717, 1.165) is 12.1 Å². The average molecular weight is 273 g/mol. The number of rotatable bonds is 2. The van der Waals surface area contributed by atoms with Crippen molar-refractivity contribution in [2.45, 2.75) is 43.7 Å². The van der Waals surface area contributed by atoms with Gasteiger partial charge in [-0.15, -0.1) is 0 Å². The Morgan fingerprint density at radius 1 is 1.32 bits per heavy atom. The van der Waals surface area contributed by atoms with E-state index in [0.29, 0.717) is 11.6 Å². The van der Waals surface area contributed by atoms with Crippen molar-refractivity contribution >= 4 is 27.4 Å². The van der Waals surface area contributed by atoms with E-state index in [1.165, 1.54) is 42.5 Å². The predicted molar refractivity (Wildman–Crippen MR) is 80.8 cm³/mol. The molecule has 1 aromatic carbocycles. The average Bonchev–Trinajstić information content (AvgIpc) is 2.81. The number of nitrogens with one attached hydrogen (secondary N) is 2. The van der Waals surface area contributed by atoms with Crippen molar-refractivity contribution in [1.29, 1.82) is 0 Å². The van der Waals surface area contributed by atoms with Crippen LogP contribution in [-0.4, -0.2) is 22.5 Å². The van der Waals surface area contributed by atoms with Crippen LogP contribution in [0.3, 0.4) is 0 Å². The van der Waals surface area contributed by atoms with Crippen LogP contribution in [0.4, 0.5) is 5.00 Å². The van der Waals surface area contributed by atoms with E-state index in [4.69, 9.17) is 0 Å². The van der Waals surface area contributed by atoms with Crippen LogP contribution in [0.15, 0.2) is 24.3 Å². The lowest BCUT2D eigenvalue weighted by Gasteiger charge is -2.48. The largest absolute Gasteiger partial charge is 0.372 e. The van der Waals surface area contributed by atoms with Crippen molar-refractivity contribution in [2.75, 3.05) is 11.9 Å². The Kier molecular flexibility index (Phi) is 2.74. The van der Waals surface area contributed by atoms with E-state index in [1.807, 2.05) is 0 Å². The molecule has 2 aromatic rings. The molecule has 2 N–H and O–H groups in total. The van der Waals surface area contributed by atoms with Crippen molar-refractivity contribution in [2.24, 2.45) is 0 Å². The van der Waals surface area contributed by atoms with Crippen molar-refractivity contribution in [1.82, 2.24) is 9.69 Å². The van der Waals surface area contributed by atoms with Gasteiger partial charge in [0, 0.05) is 17.0 Å². The first-order valence-electron chi connectivity index (χ1n) is 7.21. The van der Waals surface area contributed by atoms with Crippen LogP contribution in [-0.2, 0) is 0 Å². The van der Waals surface area contributed by atoms with Gasteiger partial charge in [-0.05, 0) is 62.3 Å². The van der Waals surface area contributed by atoms with Gasteiger partial charge in [-0.2, -0.15) is 4.37 Å². The molecule has 2 heterocycles. The lowest BCUT2D eigenvalue weighted by Crippen LogP contribution is -2.58. The van der Waals surface area contributed by atoms with Crippen LogP contribution in [0.5, 0.6) is 0 Å². The standard InChI is InChI=1S/C15H19N3S/c1-2-5-13-12(4-1)14(19-18-13)17-11-6-9-16-15(10-11)7-3-8-15/h1-2,4-5,11,16-17H,3,6-10H2. The highest BCUT2D eigenvalue weighted by Crippen LogP contribution is 2.39. The summed E-state index contributed by atoms with van der Waals surface area (Å²) in [4.78, 5) is 0. The van der Waals surface area contributed by atoms with Crippen LogP contribution >= 0.6 is 11.5 Å². The van der Waals surface area contributed by atoms with E-state index >= 15 is 0 Å². The fourth-order valence-electron chi connectivity index (χ4n) is 3.44. The van der Waals surface area contributed by atoms with Crippen LogP contribution in [0.2, 0.25) is 0 Å². The van der Waals surface area contributed by atoms with Gasteiger partial charge in [0.2, 0.25) is 0 Å². The van der Waals surface area contributed by atoms with Gasteiger partial charge in [0.05, 0.1) is 5.52 Å². The van der Waals surface area contributed by atoms with E-state index < -0.39 is 0 Å². The molecule has 1 atom stereocenters. The molecular weight excluding hydrogens is 254 g/mol. The molecule has 4 heteroatoms. The molecule has 100 valence electrons. The number of hydrogen-bond acceptors (Lipinski definition) is 4. The van der Waals surface area contributed by atoms with Crippen molar-refractivity contribution in [3.05, 3.63) is 24.3 Å². The Balaban J connectivity index is 1.54. The van der Waals surface area contributed by atoms with E-state index in [2.05, 4.69) is 39.3 Å². The molecule has 1 unspecified atom stereocenters. The number of aromatic nitrogens is 1. The quantitative estimate of drug-likeness (QED) is 0.880. The monoisotopic (exact) mass is 273 g/mol. The fraction of sp³-hybridized carbons (Fsp3) is 0.533. The summed E-state index contributed by atoms with van der Waals surface area (Å²) in [5, 5.41) is 9.99. The molecule has 19 heavy (non-hydrogen) atoms. The first-order valence-corrected chi connectivity index (χ1v) is 7.98. The molecule has 0 bridgehead atoms. The second kappa shape index (κ2) is 4.46. The van der Waals surface area contributed by atoms with Crippen LogP contribution < -0.4 is 10.6 Å². The summed E-state index contributed by atoms with van der Waals surface area (Å²) >= 11 is 1.60. The highest BCUT2D eigenvalue weighted by Gasteiger charge is 2.40. The highest BCUT2D eigenvalue weighted by molar-refractivity contribution is 7.11. The highest BCUT2D eigenvalue weighted by atomic mass is 32.1. The molecule has 4 rings (SSSR count). The van der Waals surface area contributed by atoms with Crippen molar-refractivity contribution in [3.8, 4) is 0 Å². The molecule has 1 saturated carbocycles. The third-order valence-electron chi connectivity index (χ3n) is 4.66. The molecule has 0 radical (unpaired) electrons. The first-order chi connectivity index (χ1) is 9.35. The summed E-state index contributed by atoms with van der Waals surface area (Å²) in [6, 6.07) is 9.01. The van der Waals surface area contributed by atoms with Gasteiger partial charge < -0.3 is 10.6 Å². The van der Waals surface area contributed by atoms with E-state index in [-0.39, 0.29) is 0 Å². The van der Waals surface area contributed by atoms with Gasteiger partial charge in [0.25, 0.3) is 0 Å². The minimum absolute atomic E-state index is 0.455. The second-order valence-electron chi connectivity index (χ2n) is 5.92. The van der Waals surface area contributed by atoms with Gasteiger partial charge in [0.1, 0.15) is 5.00 Å². The zero-order valence-corrected chi connectivity index (χ0v) is 11.8. The van der Waals surface area contributed by atoms with Crippen LogP contribution in [0.25, 0.3) is 10.9 Å². The topological polar surface area (TPSA) is 37.0 Å². The molecule has 2 fully saturated rings. The number of hydrogen-bond donors (Lipinski definition) is 2. The van der Waals surface area contributed by atoms with Gasteiger partial charge >= 0.3 is 0 Å². The summed E-state index contributed by atoms with van der Waals surface area (Å²) in [7, 11) is 0. The van der Waals surface area contributed by atoms with Gasteiger partial charge in [-0.3, -0.25) is 0 Å². The maximum atomic E-state index is 4.52. The van der Waals surface area contributed by atoms with Gasteiger partial charge in [-0.1, -0.05) is 12.1 Å². The lowest BCUT2D eigenvalue weighted by molar-refractivity contribution is 0.135. The Labute approximate surface area is 117 Å². The summed E-state index contributed by atoms with van der Waals surface area (Å²) < 4.78 is 4.52. The Morgan fingerprint density at radius 3 is 3.05 bits per heavy atom. The molecular formula is C15H19N3S. The Morgan fingerprint density at radius 2 is 2.21 bits per heavy atom. The Bertz CT molecular complexity index is 588. The zero-order valence-electron chi connectivity index (χ0n) is 11.0. The normalized spacial score (nSPS) is 25.4. The minimum atomic E-state index is 0.455. The maximum absolute atomic E-state index is 4.52. The number of piperidine rings is 1.